The number of nitrogens with zero attached hydrogens (tertiary/aromatic N) is 4. The van der Waals surface area contributed by atoms with E-state index in [1.807, 2.05) is 13.0 Å². The van der Waals surface area contributed by atoms with Crippen LogP contribution in [0.3, 0.4) is 0 Å². The molecule has 0 saturated carbocycles. The summed E-state index contributed by atoms with van der Waals surface area (Å²) >= 11 is 1.69. The number of likely N-dealkylation sites (tertiary alicyclic amines) is 1. The van der Waals surface area contributed by atoms with Crippen molar-refractivity contribution in [2.75, 3.05) is 40.3 Å². The third-order valence-corrected chi connectivity index (χ3v) is 6.06. The molecule has 0 radical (unpaired) electrons. The third kappa shape index (κ3) is 6.81. The number of aromatic nitrogens is 1. The van der Waals surface area contributed by atoms with E-state index in [4.69, 9.17) is 9.73 Å². The van der Waals surface area contributed by atoms with Gasteiger partial charge in [0.15, 0.2) is 5.96 Å². The minimum Gasteiger partial charge on any atom is -0.497 e. The Hall–Kier alpha value is -1.39. The fourth-order valence-corrected chi connectivity index (χ4v) is 4.38. The van der Waals surface area contributed by atoms with E-state index in [2.05, 4.69) is 57.7 Å². The fourth-order valence-electron chi connectivity index (χ4n) is 3.78. The first-order chi connectivity index (χ1) is 14.1. The predicted octanol–water partition coefficient (Wildman–Crippen LogP) is 4.31. The van der Waals surface area contributed by atoms with Gasteiger partial charge < -0.3 is 15.0 Å². The largest absolute Gasteiger partial charge is 0.497 e. The van der Waals surface area contributed by atoms with Crippen molar-refractivity contribution in [3.05, 3.63) is 45.9 Å². The van der Waals surface area contributed by atoms with Gasteiger partial charge in [-0.15, -0.1) is 35.3 Å². The summed E-state index contributed by atoms with van der Waals surface area (Å²) in [5.41, 5.74) is 2.35. The second-order valence-electron chi connectivity index (χ2n) is 7.44. The average Bonchev–Trinajstić information content (AvgIpc) is 3.39. The number of halogens is 1. The van der Waals surface area contributed by atoms with Gasteiger partial charge in [0.25, 0.3) is 0 Å². The third-order valence-electron chi connectivity index (χ3n) is 5.24. The van der Waals surface area contributed by atoms with E-state index in [1.165, 1.54) is 18.4 Å². The highest BCUT2D eigenvalue weighted by atomic mass is 127. The lowest BCUT2D eigenvalue weighted by Gasteiger charge is -2.28. The molecule has 6 nitrogen and oxygen atoms in total. The molecule has 1 fully saturated rings. The molecule has 1 aromatic heterocycles. The van der Waals surface area contributed by atoms with E-state index in [9.17, 15) is 0 Å². The second kappa shape index (κ2) is 12.5. The molecule has 0 bridgehead atoms. The Balaban J connectivity index is 0.00000320. The van der Waals surface area contributed by atoms with Gasteiger partial charge in [-0.05, 0) is 57.5 Å². The van der Waals surface area contributed by atoms with Gasteiger partial charge in [0, 0.05) is 19.0 Å². The van der Waals surface area contributed by atoms with Gasteiger partial charge in [-0.1, -0.05) is 12.1 Å². The number of thiazole rings is 1. The molecule has 0 aliphatic carbocycles. The topological polar surface area (TPSA) is 53.0 Å². The summed E-state index contributed by atoms with van der Waals surface area (Å²) in [4.78, 5) is 14.3. The van der Waals surface area contributed by atoms with Gasteiger partial charge in [-0.3, -0.25) is 9.89 Å². The Morgan fingerprint density at radius 2 is 2.13 bits per heavy atom. The first kappa shape index (κ1) is 24.9. The number of nitrogens with one attached hydrogen (secondary N) is 1. The van der Waals surface area contributed by atoms with E-state index in [0.717, 1.165) is 55.1 Å². The number of benzene rings is 1. The van der Waals surface area contributed by atoms with Gasteiger partial charge in [0.2, 0.25) is 0 Å². The summed E-state index contributed by atoms with van der Waals surface area (Å²) in [6.07, 6.45) is 2.51. The van der Waals surface area contributed by atoms with Crippen LogP contribution >= 0.6 is 35.3 Å². The van der Waals surface area contributed by atoms with Crippen LogP contribution in [0.15, 0.2) is 34.6 Å². The number of hydrogen-bond donors (Lipinski definition) is 1. The normalized spacial score (nSPS) is 15.5. The summed E-state index contributed by atoms with van der Waals surface area (Å²) in [6, 6.07) is 8.67. The van der Waals surface area contributed by atoms with E-state index in [0.29, 0.717) is 0 Å². The van der Waals surface area contributed by atoms with Crippen molar-refractivity contribution in [1.82, 2.24) is 20.1 Å². The van der Waals surface area contributed by atoms with Crippen molar-refractivity contribution >= 4 is 41.3 Å². The molecule has 0 amide bonds. The number of aliphatic imine (C=N–C) groups is 1. The highest BCUT2D eigenvalue weighted by Crippen LogP contribution is 2.28. The summed E-state index contributed by atoms with van der Waals surface area (Å²) < 4.78 is 5.46. The number of ether oxygens (including phenoxy) is 1. The van der Waals surface area contributed by atoms with Crippen LogP contribution in [0.25, 0.3) is 0 Å². The Morgan fingerprint density at radius 1 is 1.37 bits per heavy atom. The zero-order valence-corrected chi connectivity index (χ0v) is 21.6. The summed E-state index contributed by atoms with van der Waals surface area (Å²) in [5.74, 6) is 1.82. The maximum atomic E-state index is 5.46. The first-order valence-electron chi connectivity index (χ1n) is 10.4. The lowest BCUT2D eigenvalue weighted by atomic mass is 10.1. The fraction of sp³-hybridized carbons (Fsp3) is 0.545. The van der Waals surface area contributed by atoms with Crippen molar-refractivity contribution in [1.29, 1.82) is 0 Å². The molecule has 30 heavy (non-hydrogen) atoms. The van der Waals surface area contributed by atoms with E-state index >= 15 is 0 Å². The molecule has 0 spiro atoms. The van der Waals surface area contributed by atoms with Gasteiger partial charge in [-0.25, -0.2) is 4.98 Å². The van der Waals surface area contributed by atoms with E-state index < -0.39 is 0 Å². The Labute approximate surface area is 201 Å². The molecule has 3 rings (SSSR count). The SMILES string of the molecule is CCNC(=NCC(c1cccc(OC)c1)N1CCCC1)N(C)Cc1csc(C)n1.I. The summed E-state index contributed by atoms with van der Waals surface area (Å²) in [5, 5.41) is 6.66. The molecule has 1 saturated heterocycles. The molecule has 1 aromatic carbocycles. The summed E-state index contributed by atoms with van der Waals surface area (Å²) in [6.45, 7) is 8.72. The number of hydrogen-bond acceptors (Lipinski definition) is 5. The lowest BCUT2D eigenvalue weighted by molar-refractivity contribution is 0.250. The number of aryl methyl sites for hydroxylation is 1. The first-order valence-corrected chi connectivity index (χ1v) is 11.3. The van der Waals surface area contributed by atoms with Crippen LogP contribution in [0.5, 0.6) is 5.75 Å². The number of methoxy groups -OCH3 is 1. The minimum atomic E-state index is 0. The smallest absolute Gasteiger partial charge is 0.194 e. The molecular formula is C22H34IN5OS. The monoisotopic (exact) mass is 543 g/mol. The van der Waals surface area contributed by atoms with Crippen molar-refractivity contribution in [2.45, 2.75) is 39.3 Å². The molecule has 1 aliphatic heterocycles. The van der Waals surface area contributed by atoms with Crippen LogP contribution in [0, 0.1) is 6.92 Å². The summed E-state index contributed by atoms with van der Waals surface area (Å²) in [7, 11) is 3.80. The van der Waals surface area contributed by atoms with Crippen LogP contribution in [0.4, 0.5) is 0 Å². The van der Waals surface area contributed by atoms with Crippen LogP contribution in [0.1, 0.15) is 42.1 Å². The van der Waals surface area contributed by atoms with Crippen molar-refractivity contribution in [3.8, 4) is 5.75 Å². The molecule has 2 aromatic rings. The van der Waals surface area contributed by atoms with Crippen molar-refractivity contribution in [2.24, 2.45) is 4.99 Å². The van der Waals surface area contributed by atoms with Gasteiger partial charge in [0.1, 0.15) is 5.75 Å². The Bertz CT molecular complexity index is 806. The molecule has 166 valence electrons. The van der Waals surface area contributed by atoms with Crippen LogP contribution in [0.2, 0.25) is 0 Å². The van der Waals surface area contributed by atoms with Gasteiger partial charge >= 0.3 is 0 Å². The van der Waals surface area contributed by atoms with Crippen molar-refractivity contribution < 1.29 is 4.74 Å². The highest BCUT2D eigenvalue weighted by Gasteiger charge is 2.24. The minimum absolute atomic E-state index is 0. The maximum Gasteiger partial charge on any atom is 0.194 e. The molecule has 1 aliphatic rings. The second-order valence-corrected chi connectivity index (χ2v) is 8.51. The zero-order chi connectivity index (χ0) is 20.6. The molecule has 2 heterocycles. The standard InChI is InChI=1S/C22H33N5OS.HI/c1-5-23-22(26(3)15-19-16-29-17(2)25-19)24-14-21(27-11-6-7-12-27)18-9-8-10-20(13-18)28-4;/h8-10,13,16,21H,5-7,11-12,14-15H2,1-4H3,(H,23,24);1H. The molecule has 8 heteroatoms. The van der Waals surface area contributed by atoms with Crippen LogP contribution in [-0.4, -0.2) is 61.1 Å². The van der Waals surface area contributed by atoms with Crippen LogP contribution < -0.4 is 10.1 Å². The van der Waals surface area contributed by atoms with Gasteiger partial charge in [0.05, 0.1) is 36.9 Å². The Kier molecular flexibility index (Phi) is 10.3. The highest BCUT2D eigenvalue weighted by molar-refractivity contribution is 14.0. The molecule has 1 atom stereocenters. The number of rotatable bonds is 8. The van der Waals surface area contributed by atoms with Crippen molar-refractivity contribution in [3.63, 3.8) is 0 Å². The molecule has 1 unspecified atom stereocenters. The quantitative estimate of drug-likeness (QED) is 0.306. The van der Waals surface area contributed by atoms with Gasteiger partial charge in [-0.2, -0.15) is 0 Å². The number of guanidine groups is 1. The van der Waals surface area contributed by atoms with E-state index in [-0.39, 0.29) is 30.0 Å². The maximum absolute atomic E-state index is 5.46. The lowest BCUT2D eigenvalue weighted by Crippen LogP contribution is -2.39. The molecular weight excluding hydrogens is 509 g/mol. The Morgan fingerprint density at radius 3 is 2.77 bits per heavy atom. The van der Waals surface area contributed by atoms with Crippen LogP contribution in [-0.2, 0) is 6.54 Å². The zero-order valence-electron chi connectivity index (χ0n) is 18.4. The molecule has 1 N–H and O–H groups in total. The predicted molar refractivity (Wildman–Crippen MR) is 136 cm³/mol. The average molecular weight is 544 g/mol. The van der Waals surface area contributed by atoms with E-state index in [1.54, 1.807) is 18.4 Å².